The van der Waals surface area contributed by atoms with E-state index < -0.39 is 25.1 Å². The number of ether oxygens (including phenoxy) is 1. The smallest absolute Gasteiger partial charge is 0.165 e. The van der Waals surface area contributed by atoms with Crippen molar-refractivity contribution in [3.05, 3.63) is 23.0 Å². The fraction of sp³-hybridized carbons (Fsp3) is 0.583. The van der Waals surface area contributed by atoms with Gasteiger partial charge in [-0.2, -0.15) is 0 Å². The molecule has 0 radical (unpaired) electrons. The lowest BCUT2D eigenvalue weighted by Gasteiger charge is -2.12. The largest absolute Gasteiger partial charge is 0.491 e. The minimum Gasteiger partial charge on any atom is -0.491 e. The second-order valence-electron chi connectivity index (χ2n) is 4.22. The highest BCUT2D eigenvalue weighted by Crippen LogP contribution is 2.48. The Labute approximate surface area is 103 Å². The van der Waals surface area contributed by atoms with Crippen LogP contribution in [0.1, 0.15) is 35.5 Å². The minimum atomic E-state index is -2.01. The van der Waals surface area contributed by atoms with Crippen LogP contribution in [0.15, 0.2) is 6.20 Å². The highest BCUT2D eigenvalue weighted by Gasteiger charge is 2.44. The number of aliphatic hydroxyl groups excluding tert-OH is 1. The zero-order chi connectivity index (χ0) is 13.3. The monoisotopic (exact) mass is 261 g/mol. The van der Waals surface area contributed by atoms with Crippen molar-refractivity contribution in [3.63, 3.8) is 0 Å². The van der Waals surface area contributed by atoms with Crippen molar-refractivity contribution in [2.75, 3.05) is 13.3 Å². The summed E-state index contributed by atoms with van der Waals surface area (Å²) in [5.74, 6) is 0.0794. The molecule has 0 saturated carbocycles. The van der Waals surface area contributed by atoms with Gasteiger partial charge in [0.1, 0.15) is 11.9 Å². The van der Waals surface area contributed by atoms with Gasteiger partial charge in [-0.15, -0.1) is 0 Å². The molecule has 0 spiro atoms. The Kier molecular flexibility index (Phi) is 3.75. The lowest BCUT2D eigenvalue weighted by Crippen LogP contribution is -2.09. The van der Waals surface area contributed by atoms with Crippen LogP contribution in [0.25, 0.3) is 0 Å². The molecule has 0 saturated heterocycles. The predicted molar refractivity (Wildman–Crippen MR) is 58.8 cm³/mol. The van der Waals surface area contributed by atoms with Crippen LogP contribution in [0.2, 0.25) is 0 Å². The molecule has 100 valence electrons. The van der Waals surface area contributed by atoms with Crippen LogP contribution in [0.5, 0.6) is 5.75 Å². The number of rotatable bonds is 4. The maximum absolute atomic E-state index is 13.8. The van der Waals surface area contributed by atoms with Gasteiger partial charge in [-0.25, -0.2) is 8.78 Å². The van der Waals surface area contributed by atoms with Crippen LogP contribution in [-0.4, -0.2) is 29.5 Å². The summed E-state index contributed by atoms with van der Waals surface area (Å²) in [6.07, 6.45) is -4.01. The number of aryl methyl sites for hydroxylation is 1. The van der Waals surface area contributed by atoms with E-state index in [2.05, 4.69) is 4.98 Å². The van der Waals surface area contributed by atoms with E-state index in [-0.39, 0.29) is 29.9 Å². The predicted octanol–water partition coefficient (Wildman–Crippen LogP) is 2.52. The van der Waals surface area contributed by atoms with E-state index in [1.54, 1.807) is 6.92 Å². The van der Waals surface area contributed by atoms with Gasteiger partial charge in [0, 0.05) is 23.2 Å². The van der Waals surface area contributed by atoms with Crippen LogP contribution < -0.4 is 4.74 Å². The second kappa shape index (κ2) is 5.14. The summed E-state index contributed by atoms with van der Waals surface area (Å²) < 4.78 is 44.4. The van der Waals surface area contributed by atoms with E-state index in [9.17, 15) is 18.3 Å². The molecule has 3 atom stereocenters. The van der Waals surface area contributed by atoms with E-state index in [0.717, 1.165) is 0 Å². The zero-order valence-corrected chi connectivity index (χ0v) is 9.87. The Morgan fingerprint density at radius 3 is 2.78 bits per heavy atom. The minimum absolute atomic E-state index is 0.00126. The van der Waals surface area contributed by atoms with Crippen LogP contribution in [0.4, 0.5) is 13.2 Å². The molecule has 1 N–H and O–H groups in total. The highest BCUT2D eigenvalue weighted by molar-refractivity contribution is 5.48. The van der Waals surface area contributed by atoms with E-state index in [4.69, 9.17) is 4.74 Å². The summed E-state index contributed by atoms with van der Waals surface area (Å²) in [7, 11) is 0. The van der Waals surface area contributed by atoms with Gasteiger partial charge in [-0.05, 0) is 6.92 Å². The van der Waals surface area contributed by atoms with E-state index >= 15 is 0 Å². The molecule has 0 aromatic carbocycles. The lowest BCUT2D eigenvalue weighted by molar-refractivity contribution is 0.0461. The first-order valence-electron chi connectivity index (χ1n) is 5.72. The standard InChI is InChI=1S/C12H14F3NO2/c1-6-8-9(10(14)11(15)12(8)17)7(5-16-6)18-4-2-3-13/h5,10-12,17H,2-4H2,1H3/t10-,11-,12+/m1/s1. The number of pyridine rings is 1. The fourth-order valence-corrected chi connectivity index (χ4v) is 2.11. The van der Waals surface area contributed by atoms with Crippen LogP contribution in [-0.2, 0) is 0 Å². The van der Waals surface area contributed by atoms with Crippen LogP contribution in [0.3, 0.4) is 0 Å². The molecule has 0 unspecified atom stereocenters. The average Bonchev–Trinajstić information content (AvgIpc) is 2.58. The third-order valence-corrected chi connectivity index (χ3v) is 3.01. The summed E-state index contributed by atoms with van der Waals surface area (Å²) in [5.41, 5.74) is 0.521. The Morgan fingerprint density at radius 1 is 1.39 bits per heavy atom. The quantitative estimate of drug-likeness (QED) is 0.847. The van der Waals surface area contributed by atoms with Crippen molar-refractivity contribution in [2.24, 2.45) is 0 Å². The molecule has 1 heterocycles. The number of nitrogens with zero attached hydrogens (tertiary/aromatic N) is 1. The van der Waals surface area contributed by atoms with E-state index in [1.165, 1.54) is 6.20 Å². The number of fused-ring (bicyclic) bond motifs is 1. The molecule has 0 fully saturated rings. The van der Waals surface area contributed by atoms with Gasteiger partial charge in [0.05, 0.1) is 19.5 Å². The van der Waals surface area contributed by atoms with Crippen molar-refractivity contribution in [1.82, 2.24) is 4.98 Å². The molecule has 1 aromatic heterocycles. The number of halogens is 3. The number of hydrogen-bond acceptors (Lipinski definition) is 3. The first-order chi connectivity index (χ1) is 8.57. The Balaban J connectivity index is 2.35. The van der Waals surface area contributed by atoms with Gasteiger partial charge in [0.2, 0.25) is 0 Å². The topological polar surface area (TPSA) is 42.4 Å². The Morgan fingerprint density at radius 2 is 2.11 bits per heavy atom. The maximum Gasteiger partial charge on any atom is 0.165 e. The van der Waals surface area contributed by atoms with Gasteiger partial charge in [0.25, 0.3) is 0 Å². The zero-order valence-electron chi connectivity index (χ0n) is 9.87. The van der Waals surface area contributed by atoms with Crippen LogP contribution in [0, 0.1) is 6.92 Å². The Hall–Kier alpha value is -1.30. The fourth-order valence-electron chi connectivity index (χ4n) is 2.11. The SMILES string of the molecule is Cc1ncc(OCCCF)c2c1[C@H](O)[C@H](F)[C@@H]2F. The van der Waals surface area contributed by atoms with Crippen molar-refractivity contribution in [1.29, 1.82) is 0 Å². The summed E-state index contributed by atoms with van der Waals surface area (Å²) in [6.45, 7) is 1.08. The molecule has 2 rings (SSSR count). The van der Waals surface area contributed by atoms with Gasteiger partial charge >= 0.3 is 0 Å². The summed E-state index contributed by atoms with van der Waals surface area (Å²) in [4.78, 5) is 3.94. The van der Waals surface area contributed by atoms with Gasteiger partial charge in [0.15, 0.2) is 12.3 Å². The molecule has 3 nitrogen and oxygen atoms in total. The van der Waals surface area contributed by atoms with Crippen LogP contribution >= 0.6 is 0 Å². The number of hydrogen-bond donors (Lipinski definition) is 1. The van der Waals surface area contributed by atoms with Crippen molar-refractivity contribution < 1.29 is 23.0 Å². The van der Waals surface area contributed by atoms with E-state index in [0.29, 0.717) is 5.69 Å². The van der Waals surface area contributed by atoms with Crippen molar-refractivity contribution in [2.45, 2.75) is 31.8 Å². The summed E-state index contributed by atoms with van der Waals surface area (Å²) in [6, 6.07) is 0. The molecule has 1 aromatic rings. The average molecular weight is 261 g/mol. The molecule has 0 amide bonds. The number of aromatic nitrogens is 1. The third-order valence-electron chi connectivity index (χ3n) is 3.01. The first kappa shape index (κ1) is 13.1. The van der Waals surface area contributed by atoms with Gasteiger partial charge < -0.3 is 9.84 Å². The normalized spacial score (nSPS) is 26.2. The lowest BCUT2D eigenvalue weighted by atomic mass is 10.1. The highest BCUT2D eigenvalue weighted by atomic mass is 19.2. The van der Waals surface area contributed by atoms with E-state index in [1.807, 2.05) is 0 Å². The third kappa shape index (κ3) is 2.05. The molecule has 0 aliphatic heterocycles. The number of alkyl halides is 3. The molecule has 1 aliphatic carbocycles. The second-order valence-corrected chi connectivity index (χ2v) is 4.22. The summed E-state index contributed by atoms with van der Waals surface area (Å²) in [5, 5.41) is 9.63. The van der Waals surface area contributed by atoms with Crippen molar-refractivity contribution in [3.8, 4) is 5.75 Å². The molecule has 0 bridgehead atoms. The Bertz CT molecular complexity index is 442. The molecule has 1 aliphatic rings. The molecular formula is C12H14F3NO2. The maximum atomic E-state index is 13.8. The van der Waals surface area contributed by atoms with Gasteiger partial charge in [-0.3, -0.25) is 9.37 Å². The van der Waals surface area contributed by atoms with Gasteiger partial charge in [-0.1, -0.05) is 0 Å². The first-order valence-corrected chi connectivity index (χ1v) is 5.72. The molecule has 18 heavy (non-hydrogen) atoms. The molecular weight excluding hydrogens is 247 g/mol. The molecule has 6 heteroatoms. The number of aliphatic hydroxyl groups is 1. The van der Waals surface area contributed by atoms with Crippen molar-refractivity contribution >= 4 is 0 Å². The summed E-state index contributed by atoms with van der Waals surface area (Å²) >= 11 is 0.